The van der Waals surface area contributed by atoms with Crippen LogP contribution in [0.5, 0.6) is 11.5 Å². The van der Waals surface area contributed by atoms with Gasteiger partial charge in [-0.05, 0) is 18.6 Å². The highest BCUT2D eigenvalue weighted by atomic mass is 32.2. The third-order valence-corrected chi connectivity index (χ3v) is 6.02. The molecule has 1 saturated heterocycles. The summed E-state index contributed by atoms with van der Waals surface area (Å²) < 4.78 is 34.4. The van der Waals surface area contributed by atoms with E-state index in [0.717, 1.165) is 4.68 Å². The third-order valence-electron chi connectivity index (χ3n) is 4.25. The van der Waals surface area contributed by atoms with E-state index in [-0.39, 0.29) is 29.2 Å². The zero-order valence-corrected chi connectivity index (χ0v) is 15.2. The second kappa shape index (κ2) is 6.94. The number of nitrogens with zero attached hydrogens (tertiary/aromatic N) is 2. The third kappa shape index (κ3) is 3.50. The number of amides is 1. The first kappa shape index (κ1) is 18.2. The predicted molar refractivity (Wildman–Crippen MR) is 94.3 cm³/mol. The lowest BCUT2D eigenvalue weighted by Gasteiger charge is -2.13. The van der Waals surface area contributed by atoms with E-state index >= 15 is 0 Å². The number of carbonyl (C=O) groups excluding carboxylic acids is 1. The number of rotatable bonds is 5. The van der Waals surface area contributed by atoms with E-state index in [9.17, 15) is 18.0 Å². The molecular weight excluding hydrogens is 362 g/mol. The average Bonchev–Trinajstić information content (AvgIpc) is 2.94. The number of carbonyl (C=O) groups is 1. The van der Waals surface area contributed by atoms with Gasteiger partial charge < -0.3 is 14.8 Å². The molecule has 0 spiro atoms. The highest BCUT2D eigenvalue weighted by Gasteiger charge is 2.29. The number of hydrogen-bond donors (Lipinski definition) is 1. The molecule has 26 heavy (non-hydrogen) atoms. The number of benzene rings is 1. The summed E-state index contributed by atoms with van der Waals surface area (Å²) in [6.45, 7) is -0.314. The van der Waals surface area contributed by atoms with Gasteiger partial charge in [-0.25, -0.2) is 13.1 Å². The van der Waals surface area contributed by atoms with Gasteiger partial charge in [0, 0.05) is 11.4 Å². The van der Waals surface area contributed by atoms with Crippen molar-refractivity contribution in [1.82, 2.24) is 15.1 Å². The first-order chi connectivity index (χ1) is 12.3. The molecule has 1 amide bonds. The van der Waals surface area contributed by atoms with E-state index in [4.69, 9.17) is 9.47 Å². The fourth-order valence-electron chi connectivity index (χ4n) is 3.01. The summed E-state index contributed by atoms with van der Waals surface area (Å²) in [4.78, 5) is 24.9. The smallest absolute Gasteiger partial charge is 0.279 e. The minimum Gasteiger partial charge on any atom is -0.493 e. The van der Waals surface area contributed by atoms with E-state index in [2.05, 4.69) is 10.4 Å². The summed E-state index contributed by atoms with van der Waals surface area (Å²) in [7, 11) is -0.207. The number of aromatic nitrogens is 2. The minimum atomic E-state index is -3.10. The van der Waals surface area contributed by atoms with E-state index in [1.807, 2.05) is 0 Å². The van der Waals surface area contributed by atoms with Gasteiger partial charge in [0.15, 0.2) is 21.3 Å². The SMILES string of the molecule is COc1ccc2cnn(CC(=O)N[C@H]3CCS(=O)(=O)C3)c(=O)c2c1OC. The number of methoxy groups -OCH3 is 2. The number of fused-ring (bicyclic) bond motifs is 1. The highest BCUT2D eigenvalue weighted by Crippen LogP contribution is 2.32. The Balaban J connectivity index is 1.87. The molecule has 2 aromatic rings. The molecule has 0 radical (unpaired) electrons. The zero-order valence-electron chi connectivity index (χ0n) is 14.4. The summed E-state index contributed by atoms with van der Waals surface area (Å²) >= 11 is 0. The monoisotopic (exact) mass is 381 g/mol. The Bertz CT molecular complexity index is 1010. The molecule has 1 fully saturated rings. The van der Waals surface area contributed by atoms with Crippen LogP contribution < -0.4 is 20.3 Å². The molecule has 1 atom stereocenters. The summed E-state index contributed by atoms with van der Waals surface area (Å²) in [5.74, 6) is 0.180. The highest BCUT2D eigenvalue weighted by molar-refractivity contribution is 7.91. The van der Waals surface area contributed by atoms with Crippen molar-refractivity contribution >= 4 is 26.5 Å². The molecule has 0 unspecified atom stereocenters. The largest absolute Gasteiger partial charge is 0.493 e. The molecule has 140 valence electrons. The maximum absolute atomic E-state index is 12.7. The van der Waals surface area contributed by atoms with Gasteiger partial charge in [-0.15, -0.1) is 0 Å². The standard InChI is InChI=1S/C16H19N3O6S/c1-24-12-4-3-10-7-17-19(16(21)14(10)15(12)25-2)8-13(20)18-11-5-6-26(22,23)9-11/h3-4,7,11H,5-6,8-9H2,1-2H3,(H,18,20)/t11-/m0/s1. The average molecular weight is 381 g/mol. The van der Waals surface area contributed by atoms with E-state index in [1.54, 1.807) is 12.1 Å². The summed E-state index contributed by atoms with van der Waals surface area (Å²) in [6, 6.07) is 2.91. The molecule has 1 aromatic heterocycles. The second-order valence-electron chi connectivity index (χ2n) is 6.04. The lowest BCUT2D eigenvalue weighted by molar-refractivity contribution is -0.122. The molecule has 0 saturated carbocycles. The van der Waals surface area contributed by atoms with Crippen LogP contribution >= 0.6 is 0 Å². The van der Waals surface area contributed by atoms with Crippen LogP contribution in [0.25, 0.3) is 10.8 Å². The van der Waals surface area contributed by atoms with Crippen molar-refractivity contribution in [1.29, 1.82) is 0 Å². The lowest BCUT2D eigenvalue weighted by atomic mass is 10.1. The summed E-state index contributed by atoms with van der Waals surface area (Å²) in [5, 5.41) is 7.47. The van der Waals surface area contributed by atoms with Crippen LogP contribution in [0.3, 0.4) is 0 Å². The van der Waals surface area contributed by atoms with Gasteiger partial charge >= 0.3 is 0 Å². The van der Waals surface area contributed by atoms with Crippen LogP contribution in [0.2, 0.25) is 0 Å². The Morgan fingerprint density at radius 1 is 1.35 bits per heavy atom. The molecule has 3 rings (SSSR count). The van der Waals surface area contributed by atoms with Gasteiger partial charge in [0.2, 0.25) is 5.91 Å². The molecule has 1 aliphatic heterocycles. The molecule has 1 aliphatic rings. The summed E-state index contributed by atoms with van der Waals surface area (Å²) in [6.07, 6.45) is 1.84. The van der Waals surface area contributed by atoms with E-state index in [0.29, 0.717) is 17.6 Å². The van der Waals surface area contributed by atoms with Crippen molar-refractivity contribution in [2.75, 3.05) is 25.7 Å². The van der Waals surface area contributed by atoms with Crippen molar-refractivity contribution in [3.8, 4) is 11.5 Å². The van der Waals surface area contributed by atoms with Crippen LogP contribution in [0.1, 0.15) is 6.42 Å². The van der Waals surface area contributed by atoms with Gasteiger partial charge in [0.05, 0.1) is 37.3 Å². The van der Waals surface area contributed by atoms with Crippen LogP contribution in [-0.2, 0) is 21.2 Å². The number of ether oxygens (including phenoxy) is 2. The first-order valence-corrected chi connectivity index (χ1v) is 9.77. The van der Waals surface area contributed by atoms with Crippen LogP contribution in [0, 0.1) is 0 Å². The fourth-order valence-corrected chi connectivity index (χ4v) is 4.69. The van der Waals surface area contributed by atoms with Crippen molar-refractivity contribution in [2.45, 2.75) is 19.0 Å². The van der Waals surface area contributed by atoms with Crippen molar-refractivity contribution in [3.63, 3.8) is 0 Å². The lowest BCUT2D eigenvalue weighted by Crippen LogP contribution is -2.40. The molecule has 0 bridgehead atoms. The second-order valence-corrected chi connectivity index (χ2v) is 8.27. The number of sulfone groups is 1. The Morgan fingerprint density at radius 2 is 2.12 bits per heavy atom. The van der Waals surface area contributed by atoms with Gasteiger partial charge in [0.25, 0.3) is 5.56 Å². The quantitative estimate of drug-likeness (QED) is 0.757. The fraction of sp³-hybridized carbons (Fsp3) is 0.438. The number of hydrogen-bond acceptors (Lipinski definition) is 7. The number of nitrogens with one attached hydrogen (secondary N) is 1. The molecule has 0 aliphatic carbocycles. The normalized spacial score (nSPS) is 18.6. The van der Waals surface area contributed by atoms with Crippen molar-refractivity contribution in [3.05, 3.63) is 28.7 Å². The Kier molecular flexibility index (Phi) is 4.86. The van der Waals surface area contributed by atoms with Crippen molar-refractivity contribution in [2.24, 2.45) is 0 Å². The van der Waals surface area contributed by atoms with Gasteiger partial charge in [-0.2, -0.15) is 5.10 Å². The van der Waals surface area contributed by atoms with Crippen LogP contribution in [0.4, 0.5) is 0 Å². The van der Waals surface area contributed by atoms with Crippen LogP contribution in [0.15, 0.2) is 23.1 Å². The van der Waals surface area contributed by atoms with E-state index in [1.165, 1.54) is 20.4 Å². The van der Waals surface area contributed by atoms with Gasteiger partial charge in [-0.1, -0.05) is 0 Å². The van der Waals surface area contributed by atoms with E-state index < -0.39 is 27.3 Å². The maximum atomic E-state index is 12.7. The first-order valence-electron chi connectivity index (χ1n) is 7.95. The molecule has 1 N–H and O–H groups in total. The van der Waals surface area contributed by atoms with Crippen molar-refractivity contribution < 1.29 is 22.7 Å². The Hall–Kier alpha value is -2.62. The molecule has 1 aromatic carbocycles. The topological polar surface area (TPSA) is 117 Å². The molecular formula is C16H19N3O6S. The Morgan fingerprint density at radius 3 is 2.73 bits per heavy atom. The van der Waals surface area contributed by atoms with Gasteiger partial charge in [0.1, 0.15) is 6.54 Å². The Labute approximate surface area is 149 Å². The molecule has 10 heteroatoms. The van der Waals surface area contributed by atoms with Crippen LogP contribution in [-0.4, -0.2) is 55.9 Å². The minimum absolute atomic E-state index is 0.0586. The maximum Gasteiger partial charge on any atom is 0.279 e. The molecule has 2 heterocycles. The zero-order chi connectivity index (χ0) is 18.9. The summed E-state index contributed by atoms with van der Waals surface area (Å²) in [5.41, 5.74) is -0.493. The molecule has 9 nitrogen and oxygen atoms in total. The van der Waals surface area contributed by atoms with Gasteiger partial charge in [-0.3, -0.25) is 9.59 Å². The predicted octanol–water partition coefficient (Wildman–Crippen LogP) is -0.283.